The molecule has 0 saturated heterocycles. The molecule has 0 radical (unpaired) electrons. The van der Waals surface area contributed by atoms with Gasteiger partial charge >= 0.3 is 0 Å². The average Bonchev–Trinajstić information content (AvgIpc) is 2.65. The summed E-state index contributed by atoms with van der Waals surface area (Å²) in [6.45, 7) is 6.72. The maximum atomic E-state index is 12.4. The first-order valence-corrected chi connectivity index (χ1v) is 8.70. The van der Waals surface area contributed by atoms with Crippen molar-refractivity contribution in [3.05, 3.63) is 71.3 Å². The molecule has 0 unspecified atom stereocenters. The molecule has 26 heavy (non-hydrogen) atoms. The summed E-state index contributed by atoms with van der Waals surface area (Å²) in [5.74, 6) is 0.843. The molecule has 1 amide bonds. The third-order valence-corrected chi connectivity index (χ3v) is 3.79. The minimum absolute atomic E-state index is 0.0728. The fourth-order valence-corrected chi connectivity index (χ4v) is 2.34. The van der Waals surface area contributed by atoms with Gasteiger partial charge in [0.2, 0.25) is 0 Å². The highest BCUT2D eigenvalue weighted by Crippen LogP contribution is 2.16. The van der Waals surface area contributed by atoms with Crippen LogP contribution in [0.3, 0.4) is 0 Å². The zero-order valence-electron chi connectivity index (χ0n) is 15.4. The van der Waals surface area contributed by atoms with Crippen LogP contribution in [0.2, 0.25) is 0 Å². The van der Waals surface area contributed by atoms with E-state index in [4.69, 9.17) is 4.74 Å². The van der Waals surface area contributed by atoms with Gasteiger partial charge in [0.25, 0.3) is 5.91 Å². The monoisotopic (exact) mass is 348 g/mol. The number of carbonyl (C=O) groups is 1. The minimum Gasteiger partial charge on any atom is -0.493 e. The van der Waals surface area contributed by atoms with Gasteiger partial charge in [-0.05, 0) is 42.2 Å². The average molecular weight is 348 g/mol. The van der Waals surface area contributed by atoms with E-state index in [9.17, 15) is 10.1 Å². The van der Waals surface area contributed by atoms with Crippen molar-refractivity contribution in [3.63, 3.8) is 0 Å². The summed E-state index contributed by atoms with van der Waals surface area (Å²) in [5.41, 5.74) is 1.84. The molecule has 2 aromatic carbocycles. The zero-order chi connectivity index (χ0) is 18.9. The molecule has 2 aromatic rings. The third kappa shape index (κ3) is 5.78. The van der Waals surface area contributed by atoms with Crippen LogP contribution in [0, 0.1) is 17.2 Å². The maximum absolute atomic E-state index is 12.4. The molecular weight excluding hydrogens is 324 g/mol. The Kier molecular flexibility index (Phi) is 6.99. The molecule has 0 aliphatic rings. The van der Waals surface area contributed by atoms with Crippen LogP contribution >= 0.6 is 0 Å². The van der Waals surface area contributed by atoms with Crippen molar-refractivity contribution in [2.75, 3.05) is 6.61 Å². The van der Waals surface area contributed by atoms with E-state index >= 15 is 0 Å². The highest BCUT2D eigenvalue weighted by molar-refractivity contribution is 6.01. The lowest BCUT2D eigenvalue weighted by molar-refractivity contribution is -0.117. The first-order chi connectivity index (χ1) is 12.5. The Hall–Kier alpha value is -3.06. The molecule has 0 heterocycles. The summed E-state index contributed by atoms with van der Waals surface area (Å²) >= 11 is 0. The van der Waals surface area contributed by atoms with Gasteiger partial charge in [-0.25, -0.2) is 0 Å². The van der Waals surface area contributed by atoms with Gasteiger partial charge in [0.05, 0.1) is 12.6 Å². The number of hydrogen-bond donors (Lipinski definition) is 1. The SMILES string of the molecule is CC(C)COc1ccc(/C=C(/C#N)C(=O)N[C@@H](C)c2ccccc2)cc1. The number of carbonyl (C=O) groups excluding carboxylic acids is 1. The summed E-state index contributed by atoms with van der Waals surface area (Å²) in [4.78, 5) is 12.4. The van der Waals surface area contributed by atoms with E-state index in [0.29, 0.717) is 12.5 Å². The number of ether oxygens (including phenoxy) is 1. The molecule has 0 fully saturated rings. The number of hydrogen-bond acceptors (Lipinski definition) is 3. The Labute approximate surface area is 155 Å². The van der Waals surface area contributed by atoms with Gasteiger partial charge < -0.3 is 10.1 Å². The van der Waals surface area contributed by atoms with E-state index in [2.05, 4.69) is 19.2 Å². The van der Waals surface area contributed by atoms with E-state index in [1.54, 1.807) is 6.08 Å². The lowest BCUT2D eigenvalue weighted by atomic mass is 10.1. The van der Waals surface area contributed by atoms with Crippen molar-refractivity contribution in [2.45, 2.75) is 26.8 Å². The van der Waals surface area contributed by atoms with Gasteiger partial charge in [0.1, 0.15) is 17.4 Å². The third-order valence-electron chi connectivity index (χ3n) is 3.79. The summed E-state index contributed by atoms with van der Waals surface area (Å²) in [6, 6.07) is 18.8. The van der Waals surface area contributed by atoms with Crippen LogP contribution in [0.4, 0.5) is 0 Å². The summed E-state index contributed by atoms with van der Waals surface area (Å²) in [5, 5.41) is 12.2. The molecule has 4 nitrogen and oxygen atoms in total. The molecular formula is C22H24N2O2. The normalized spacial score (nSPS) is 12.3. The molecule has 4 heteroatoms. The van der Waals surface area contributed by atoms with E-state index in [1.165, 1.54) is 0 Å². The zero-order valence-corrected chi connectivity index (χ0v) is 15.4. The molecule has 0 aromatic heterocycles. The van der Waals surface area contributed by atoms with E-state index in [0.717, 1.165) is 16.9 Å². The quantitative estimate of drug-likeness (QED) is 0.592. The van der Waals surface area contributed by atoms with E-state index < -0.39 is 0 Å². The first-order valence-electron chi connectivity index (χ1n) is 8.70. The second-order valence-corrected chi connectivity index (χ2v) is 6.55. The Bertz CT molecular complexity index is 787. The summed E-state index contributed by atoms with van der Waals surface area (Å²) < 4.78 is 5.64. The van der Waals surface area contributed by atoms with Crippen LogP contribution in [0.25, 0.3) is 6.08 Å². The summed E-state index contributed by atoms with van der Waals surface area (Å²) in [7, 11) is 0. The first kappa shape index (κ1) is 19.3. The van der Waals surface area contributed by atoms with Crippen molar-refractivity contribution >= 4 is 12.0 Å². The molecule has 1 N–H and O–H groups in total. The lowest BCUT2D eigenvalue weighted by Crippen LogP contribution is -2.27. The topological polar surface area (TPSA) is 62.1 Å². The Balaban J connectivity index is 2.04. The molecule has 1 atom stereocenters. The van der Waals surface area contributed by atoms with Crippen LogP contribution in [0.1, 0.15) is 37.9 Å². The Morgan fingerprint density at radius 2 is 1.77 bits per heavy atom. The Morgan fingerprint density at radius 1 is 1.12 bits per heavy atom. The van der Waals surface area contributed by atoms with Crippen LogP contribution in [0.5, 0.6) is 5.75 Å². The van der Waals surface area contributed by atoms with Gasteiger partial charge in [0, 0.05) is 0 Å². The smallest absolute Gasteiger partial charge is 0.262 e. The van der Waals surface area contributed by atoms with Crippen LogP contribution in [-0.4, -0.2) is 12.5 Å². The number of nitrogens with one attached hydrogen (secondary N) is 1. The highest BCUT2D eigenvalue weighted by atomic mass is 16.5. The van der Waals surface area contributed by atoms with Crippen molar-refractivity contribution in [1.82, 2.24) is 5.32 Å². The van der Waals surface area contributed by atoms with Crippen molar-refractivity contribution in [3.8, 4) is 11.8 Å². The standard InChI is InChI=1S/C22H24N2O2/c1-16(2)15-26-21-11-9-18(10-12-21)13-20(14-23)22(25)24-17(3)19-7-5-4-6-8-19/h4-13,16-17H,15H2,1-3H3,(H,24,25)/b20-13-/t17-/m0/s1. The van der Waals surface area contributed by atoms with Crippen LogP contribution in [0.15, 0.2) is 60.2 Å². The van der Waals surface area contributed by atoms with Gasteiger partial charge in [-0.15, -0.1) is 0 Å². The second kappa shape index (κ2) is 9.43. The van der Waals surface area contributed by atoms with Gasteiger partial charge in [-0.2, -0.15) is 5.26 Å². The van der Waals surface area contributed by atoms with Crippen molar-refractivity contribution < 1.29 is 9.53 Å². The molecule has 2 rings (SSSR count). The number of benzene rings is 2. The van der Waals surface area contributed by atoms with Crippen molar-refractivity contribution in [1.29, 1.82) is 5.26 Å². The fourth-order valence-electron chi connectivity index (χ4n) is 2.34. The molecule has 0 saturated carbocycles. The second-order valence-electron chi connectivity index (χ2n) is 6.55. The predicted octanol–water partition coefficient (Wildman–Crippen LogP) is 4.51. The van der Waals surface area contributed by atoms with Crippen LogP contribution < -0.4 is 10.1 Å². The Morgan fingerprint density at radius 3 is 2.35 bits per heavy atom. The number of rotatable bonds is 7. The number of amides is 1. The van der Waals surface area contributed by atoms with Gasteiger partial charge in [-0.1, -0.05) is 56.3 Å². The molecule has 0 aliphatic carbocycles. The maximum Gasteiger partial charge on any atom is 0.262 e. The summed E-state index contributed by atoms with van der Waals surface area (Å²) in [6.07, 6.45) is 1.58. The fraction of sp³-hybridized carbons (Fsp3) is 0.273. The number of nitrogens with zero attached hydrogens (tertiary/aromatic N) is 1. The number of nitriles is 1. The molecule has 0 aliphatic heterocycles. The van der Waals surface area contributed by atoms with Gasteiger partial charge in [-0.3, -0.25) is 4.79 Å². The molecule has 0 spiro atoms. The molecule has 134 valence electrons. The highest BCUT2D eigenvalue weighted by Gasteiger charge is 2.13. The lowest BCUT2D eigenvalue weighted by Gasteiger charge is -2.13. The largest absolute Gasteiger partial charge is 0.493 e. The van der Waals surface area contributed by atoms with Crippen molar-refractivity contribution in [2.24, 2.45) is 5.92 Å². The minimum atomic E-state index is -0.385. The van der Waals surface area contributed by atoms with Crippen LogP contribution in [-0.2, 0) is 4.79 Å². The molecule has 0 bridgehead atoms. The van der Waals surface area contributed by atoms with E-state index in [1.807, 2.05) is 67.6 Å². The van der Waals surface area contributed by atoms with E-state index in [-0.39, 0.29) is 17.5 Å². The predicted molar refractivity (Wildman–Crippen MR) is 103 cm³/mol. The van der Waals surface area contributed by atoms with Gasteiger partial charge in [0.15, 0.2) is 0 Å².